The Balaban J connectivity index is 1.92. The number of aromatic nitrogens is 2. The first kappa shape index (κ1) is 14.3. The molecule has 0 amide bonds. The largest absolute Gasteiger partial charge is 0.493 e. The van der Waals surface area contributed by atoms with Gasteiger partial charge >= 0.3 is 0 Å². The molecule has 1 aliphatic rings. The van der Waals surface area contributed by atoms with Gasteiger partial charge in [0, 0.05) is 11.3 Å². The van der Waals surface area contributed by atoms with Gasteiger partial charge in [0.05, 0.1) is 12.5 Å². The molecule has 0 fully saturated rings. The van der Waals surface area contributed by atoms with Crippen molar-refractivity contribution >= 4 is 11.6 Å². The lowest BCUT2D eigenvalue weighted by Crippen LogP contribution is -2.22. The van der Waals surface area contributed by atoms with E-state index in [-0.39, 0.29) is 5.92 Å². The van der Waals surface area contributed by atoms with Crippen LogP contribution in [-0.2, 0) is 6.42 Å². The van der Waals surface area contributed by atoms with Gasteiger partial charge < -0.3 is 4.74 Å². The number of nitrogens with zero attached hydrogens (tertiary/aromatic N) is 2. The molecule has 21 heavy (non-hydrogen) atoms. The van der Waals surface area contributed by atoms with Gasteiger partial charge in [-0.3, -0.25) is 0 Å². The number of hydrogen-bond acceptors (Lipinski definition) is 3. The number of benzene rings is 1. The lowest BCUT2D eigenvalue weighted by Gasteiger charge is -2.25. The highest BCUT2D eigenvalue weighted by Gasteiger charge is 2.25. The summed E-state index contributed by atoms with van der Waals surface area (Å²) in [7, 11) is 0. The fourth-order valence-corrected chi connectivity index (χ4v) is 3.34. The van der Waals surface area contributed by atoms with Crippen molar-refractivity contribution in [1.82, 2.24) is 9.97 Å². The lowest BCUT2D eigenvalue weighted by atomic mass is 9.95. The number of hydrogen-bond donors (Lipinski definition) is 0. The maximum absolute atomic E-state index is 6.36. The lowest BCUT2D eigenvalue weighted by molar-refractivity contribution is 0.257. The molecule has 1 aromatic heterocycles. The summed E-state index contributed by atoms with van der Waals surface area (Å²) < 4.78 is 5.82. The van der Waals surface area contributed by atoms with E-state index >= 15 is 0 Å². The second-order valence-corrected chi connectivity index (χ2v) is 6.20. The van der Waals surface area contributed by atoms with Crippen LogP contribution >= 0.6 is 11.6 Å². The molecule has 3 nitrogen and oxygen atoms in total. The Bertz CT molecular complexity index is 647. The van der Waals surface area contributed by atoms with E-state index in [1.807, 2.05) is 25.1 Å². The van der Waals surface area contributed by atoms with Crippen LogP contribution in [0.25, 0.3) is 0 Å². The van der Waals surface area contributed by atoms with Gasteiger partial charge in [-0.15, -0.1) is 0 Å². The Kier molecular flexibility index (Phi) is 3.85. The number of rotatable bonds is 2. The van der Waals surface area contributed by atoms with Gasteiger partial charge in [-0.1, -0.05) is 43.6 Å². The van der Waals surface area contributed by atoms with Crippen molar-refractivity contribution in [3.8, 4) is 5.75 Å². The van der Waals surface area contributed by atoms with Crippen LogP contribution in [0.5, 0.6) is 5.75 Å². The van der Waals surface area contributed by atoms with E-state index in [2.05, 4.69) is 29.9 Å². The topological polar surface area (TPSA) is 35.0 Å². The fraction of sp³-hybridized carbons (Fsp3) is 0.412. The van der Waals surface area contributed by atoms with Gasteiger partial charge in [-0.2, -0.15) is 0 Å². The summed E-state index contributed by atoms with van der Waals surface area (Å²) in [5, 5.41) is 0.575. The van der Waals surface area contributed by atoms with Crippen molar-refractivity contribution in [1.29, 1.82) is 0 Å². The third-order valence-electron chi connectivity index (χ3n) is 3.93. The molecule has 1 unspecified atom stereocenters. The highest BCUT2D eigenvalue weighted by molar-refractivity contribution is 6.30. The van der Waals surface area contributed by atoms with Crippen LogP contribution in [0.4, 0.5) is 0 Å². The zero-order valence-corrected chi connectivity index (χ0v) is 13.3. The molecule has 0 N–H and O–H groups in total. The normalized spacial score (nSPS) is 17.5. The van der Waals surface area contributed by atoms with Crippen molar-refractivity contribution in [3.05, 3.63) is 52.1 Å². The summed E-state index contributed by atoms with van der Waals surface area (Å²) >= 11 is 6.36. The van der Waals surface area contributed by atoms with E-state index in [1.165, 1.54) is 5.56 Å². The molecule has 2 aromatic rings. The minimum Gasteiger partial charge on any atom is -0.493 e. The van der Waals surface area contributed by atoms with Crippen LogP contribution < -0.4 is 4.74 Å². The molecule has 1 aromatic carbocycles. The summed E-state index contributed by atoms with van der Waals surface area (Å²) in [4.78, 5) is 9.20. The standard InChI is InChI=1S/C17H19ClN2O/c1-10(2)15-11(3)19-17(20-16(15)18)13-8-12-6-4-5-7-14(12)21-9-13/h4-7,10,13H,8-9H2,1-3H3. The smallest absolute Gasteiger partial charge is 0.137 e. The summed E-state index contributed by atoms with van der Waals surface area (Å²) in [6.07, 6.45) is 0.896. The van der Waals surface area contributed by atoms with Crippen molar-refractivity contribution in [2.24, 2.45) is 0 Å². The van der Waals surface area contributed by atoms with Crippen LogP contribution in [0.15, 0.2) is 24.3 Å². The Hall–Kier alpha value is -1.61. The monoisotopic (exact) mass is 302 g/mol. The first-order valence-corrected chi connectivity index (χ1v) is 7.68. The minimum absolute atomic E-state index is 0.164. The van der Waals surface area contributed by atoms with E-state index in [4.69, 9.17) is 16.3 Å². The maximum atomic E-state index is 6.36. The van der Waals surface area contributed by atoms with E-state index in [0.717, 1.165) is 29.3 Å². The van der Waals surface area contributed by atoms with Crippen LogP contribution in [0.2, 0.25) is 5.15 Å². The summed E-state index contributed by atoms with van der Waals surface area (Å²) in [5.41, 5.74) is 3.22. The molecule has 4 heteroatoms. The van der Waals surface area contributed by atoms with E-state index in [1.54, 1.807) is 0 Å². The molecule has 0 saturated heterocycles. The molecule has 0 bridgehead atoms. The van der Waals surface area contributed by atoms with Crippen LogP contribution in [0.1, 0.15) is 48.3 Å². The highest BCUT2D eigenvalue weighted by Crippen LogP contribution is 2.33. The third-order valence-corrected chi connectivity index (χ3v) is 4.22. The fourth-order valence-electron chi connectivity index (χ4n) is 2.90. The molecule has 3 rings (SSSR count). The predicted octanol–water partition coefficient (Wildman–Crippen LogP) is 4.28. The molecule has 0 saturated carbocycles. The highest BCUT2D eigenvalue weighted by atomic mass is 35.5. The first-order chi connectivity index (χ1) is 10.1. The Labute approximate surface area is 130 Å². The van der Waals surface area contributed by atoms with Gasteiger partial charge in [-0.05, 0) is 30.9 Å². The summed E-state index contributed by atoms with van der Waals surface area (Å²) in [5.74, 6) is 2.25. The molecule has 0 spiro atoms. The zero-order chi connectivity index (χ0) is 15.0. The molecule has 2 heterocycles. The van der Waals surface area contributed by atoms with Crippen LogP contribution in [0.3, 0.4) is 0 Å². The maximum Gasteiger partial charge on any atom is 0.137 e. The van der Waals surface area contributed by atoms with Crippen molar-refractivity contribution in [2.75, 3.05) is 6.61 Å². The van der Waals surface area contributed by atoms with Crippen LogP contribution in [-0.4, -0.2) is 16.6 Å². The predicted molar refractivity (Wildman–Crippen MR) is 84.3 cm³/mol. The minimum atomic E-state index is 0.164. The molecular formula is C17H19ClN2O. The average Bonchev–Trinajstić information content (AvgIpc) is 2.45. The summed E-state index contributed by atoms with van der Waals surface area (Å²) in [6.45, 7) is 6.83. The quantitative estimate of drug-likeness (QED) is 0.777. The molecule has 0 radical (unpaired) electrons. The Morgan fingerprint density at radius 2 is 2.00 bits per heavy atom. The van der Waals surface area contributed by atoms with E-state index in [9.17, 15) is 0 Å². The number of halogens is 1. The molecule has 1 aliphatic heterocycles. The number of ether oxygens (including phenoxy) is 1. The second-order valence-electron chi connectivity index (χ2n) is 5.85. The van der Waals surface area contributed by atoms with E-state index in [0.29, 0.717) is 17.7 Å². The molecule has 1 atom stereocenters. The van der Waals surface area contributed by atoms with Gasteiger partial charge in [-0.25, -0.2) is 9.97 Å². The summed E-state index contributed by atoms with van der Waals surface area (Å²) in [6, 6.07) is 8.13. The van der Waals surface area contributed by atoms with Gasteiger partial charge in [0.25, 0.3) is 0 Å². The Morgan fingerprint density at radius 3 is 2.71 bits per heavy atom. The van der Waals surface area contributed by atoms with Crippen molar-refractivity contribution in [3.63, 3.8) is 0 Å². The first-order valence-electron chi connectivity index (χ1n) is 7.31. The average molecular weight is 303 g/mol. The second kappa shape index (κ2) is 5.64. The third kappa shape index (κ3) is 2.75. The van der Waals surface area contributed by atoms with Crippen molar-refractivity contribution in [2.45, 2.75) is 39.0 Å². The van der Waals surface area contributed by atoms with Crippen molar-refractivity contribution < 1.29 is 4.74 Å². The van der Waals surface area contributed by atoms with E-state index < -0.39 is 0 Å². The number of fused-ring (bicyclic) bond motifs is 1. The number of aryl methyl sites for hydroxylation is 1. The molecule has 0 aliphatic carbocycles. The van der Waals surface area contributed by atoms with Gasteiger partial charge in [0.1, 0.15) is 16.7 Å². The molecular weight excluding hydrogens is 284 g/mol. The number of para-hydroxylation sites is 1. The molecule has 110 valence electrons. The zero-order valence-electron chi connectivity index (χ0n) is 12.6. The van der Waals surface area contributed by atoms with Gasteiger partial charge in [0.2, 0.25) is 0 Å². The Morgan fingerprint density at radius 1 is 1.24 bits per heavy atom. The van der Waals surface area contributed by atoms with Gasteiger partial charge in [0.15, 0.2) is 0 Å². The van der Waals surface area contributed by atoms with Crippen LogP contribution in [0, 0.1) is 6.92 Å². The SMILES string of the molecule is Cc1nc(C2COc3ccccc3C2)nc(Cl)c1C(C)C.